The van der Waals surface area contributed by atoms with E-state index in [-0.39, 0.29) is 18.4 Å². The average molecular weight is 368 g/mol. The van der Waals surface area contributed by atoms with Crippen molar-refractivity contribution in [1.82, 2.24) is 4.98 Å². The van der Waals surface area contributed by atoms with Crippen molar-refractivity contribution >= 4 is 27.9 Å². The van der Waals surface area contributed by atoms with E-state index in [1.165, 1.54) is 11.3 Å². The van der Waals surface area contributed by atoms with Gasteiger partial charge in [0, 0.05) is 11.9 Å². The van der Waals surface area contributed by atoms with E-state index in [1.807, 2.05) is 36.6 Å². The molecule has 0 bridgehead atoms. The summed E-state index contributed by atoms with van der Waals surface area (Å²) in [6, 6.07) is 7.86. The lowest BCUT2D eigenvalue weighted by Crippen LogP contribution is -2.28. The van der Waals surface area contributed by atoms with Crippen LogP contribution >= 0.6 is 11.3 Å². The molecule has 0 aliphatic heterocycles. The second-order valence-corrected chi connectivity index (χ2v) is 7.45. The topological polar surface area (TPSA) is 68.0 Å². The number of nitrogens with one attached hydrogen (secondary N) is 1. The van der Waals surface area contributed by atoms with Crippen LogP contribution in [0.25, 0.3) is 5.57 Å². The molecule has 1 heterocycles. The molecule has 1 amide bonds. The molecule has 2 atom stereocenters. The van der Waals surface area contributed by atoms with Crippen LogP contribution in [0.15, 0.2) is 47.9 Å². The molecule has 0 fully saturated rings. The van der Waals surface area contributed by atoms with Crippen molar-refractivity contribution < 1.29 is 4.79 Å². The van der Waals surface area contributed by atoms with Gasteiger partial charge >= 0.3 is 0 Å². The molecule has 2 aromatic rings. The highest BCUT2D eigenvalue weighted by Gasteiger charge is 2.22. The van der Waals surface area contributed by atoms with E-state index in [9.17, 15) is 4.79 Å². The number of allylic oxidation sites excluding steroid dienone is 4. The highest BCUT2D eigenvalue weighted by atomic mass is 32.1. The SMILES string of the molecule is CCC1C=CC(c2csc(NC(=O)C(CN)c3ccccc3C)n2)=CC1. The van der Waals surface area contributed by atoms with E-state index < -0.39 is 0 Å². The Hall–Kier alpha value is -2.24. The third kappa shape index (κ3) is 4.11. The number of aryl methyl sites for hydroxylation is 1. The maximum absolute atomic E-state index is 12.7. The van der Waals surface area contributed by atoms with Crippen LogP contribution in [0, 0.1) is 12.8 Å². The van der Waals surface area contributed by atoms with Crippen LogP contribution in [-0.4, -0.2) is 17.4 Å². The first-order chi connectivity index (χ1) is 12.6. The maximum Gasteiger partial charge on any atom is 0.234 e. The van der Waals surface area contributed by atoms with Gasteiger partial charge in [0.05, 0.1) is 11.6 Å². The minimum atomic E-state index is -0.373. The first-order valence-electron chi connectivity index (χ1n) is 9.03. The van der Waals surface area contributed by atoms with E-state index in [2.05, 4.69) is 35.5 Å². The van der Waals surface area contributed by atoms with Crippen molar-refractivity contribution in [2.75, 3.05) is 11.9 Å². The van der Waals surface area contributed by atoms with Crippen molar-refractivity contribution in [3.05, 3.63) is 64.7 Å². The van der Waals surface area contributed by atoms with Gasteiger partial charge in [-0.2, -0.15) is 0 Å². The molecular formula is C21H25N3OS. The minimum Gasteiger partial charge on any atom is -0.329 e. The van der Waals surface area contributed by atoms with E-state index in [0.717, 1.165) is 35.2 Å². The number of benzene rings is 1. The number of aromatic nitrogens is 1. The van der Waals surface area contributed by atoms with Crippen molar-refractivity contribution in [3.63, 3.8) is 0 Å². The van der Waals surface area contributed by atoms with Crippen molar-refractivity contribution in [2.24, 2.45) is 11.7 Å². The Bertz CT molecular complexity index is 837. The van der Waals surface area contributed by atoms with E-state index >= 15 is 0 Å². The zero-order valence-electron chi connectivity index (χ0n) is 15.2. The van der Waals surface area contributed by atoms with Gasteiger partial charge in [0.2, 0.25) is 5.91 Å². The van der Waals surface area contributed by atoms with Gasteiger partial charge in [0.25, 0.3) is 0 Å². The van der Waals surface area contributed by atoms with Crippen LogP contribution in [0.1, 0.15) is 42.5 Å². The van der Waals surface area contributed by atoms with Crippen LogP contribution < -0.4 is 11.1 Å². The summed E-state index contributed by atoms with van der Waals surface area (Å²) in [6.45, 7) is 4.46. The first kappa shape index (κ1) is 18.5. The molecule has 1 aliphatic carbocycles. The first-order valence-corrected chi connectivity index (χ1v) is 9.91. The summed E-state index contributed by atoms with van der Waals surface area (Å²) in [5, 5.41) is 5.54. The summed E-state index contributed by atoms with van der Waals surface area (Å²) in [7, 11) is 0. The highest BCUT2D eigenvalue weighted by Crippen LogP contribution is 2.29. The van der Waals surface area contributed by atoms with Gasteiger partial charge in [-0.1, -0.05) is 49.4 Å². The predicted molar refractivity (Wildman–Crippen MR) is 109 cm³/mol. The van der Waals surface area contributed by atoms with Gasteiger partial charge in [-0.25, -0.2) is 4.98 Å². The molecule has 1 aromatic heterocycles. The summed E-state index contributed by atoms with van der Waals surface area (Å²) >= 11 is 1.45. The number of anilines is 1. The van der Waals surface area contributed by atoms with Crippen LogP contribution in [0.3, 0.4) is 0 Å². The smallest absolute Gasteiger partial charge is 0.234 e. The quantitative estimate of drug-likeness (QED) is 0.790. The maximum atomic E-state index is 12.7. The Labute approximate surface area is 158 Å². The third-order valence-corrected chi connectivity index (χ3v) is 5.62. The number of carbonyl (C=O) groups is 1. The summed E-state index contributed by atoms with van der Waals surface area (Å²) in [4.78, 5) is 17.3. The summed E-state index contributed by atoms with van der Waals surface area (Å²) < 4.78 is 0. The lowest BCUT2D eigenvalue weighted by Gasteiger charge is -2.16. The summed E-state index contributed by atoms with van der Waals surface area (Å²) in [5.41, 5.74) is 9.96. The Kier molecular flexibility index (Phi) is 6.01. The largest absolute Gasteiger partial charge is 0.329 e. The summed E-state index contributed by atoms with van der Waals surface area (Å²) in [5.74, 6) is 0.139. The standard InChI is InChI=1S/C21H25N3OS/c1-3-15-8-10-16(11-9-15)19-13-26-21(23-19)24-20(25)18(12-22)17-7-5-4-6-14(17)2/h4-8,10-11,13,15,18H,3,9,12,22H2,1-2H3,(H,23,24,25). The van der Waals surface area contributed by atoms with Gasteiger partial charge in [-0.3, -0.25) is 4.79 Å². The molecule has 0 radical (unpaired) electrons. The molecule has 3 rings (SSSR count). The fourth-order valence-corrected chi connectivity index (χ4v) is 3.89. The number of amides is 1. The van der Waals surface area contributed by atoms with E-state index in [0.29, 0.717) is 11.0 Å². The Morgan fingerprint density at radius 1 is 1.42 bits per heavy atom. The molecule has 1 aromatic carbocycles. The van der Waals surface area contributed by atoms with Gasteiger partial charge < -0.3 is 11.1 Å². The molecule has 2 unspecified atom stereocenters. The number of nitrogens with two attached hydrogens (primary N) is 1. The molecule has 3 N–H and O–H groups in total. The van der Waals surface area contributed by atoms with Crippen molar-refractivity contribution in [2.45, 2.75) is 32.6 Å². The number of nitrogens with zero attached hydrogens (tertiary/aromatic N) is 1. The molecular weight excluding hydrogens is 342 g/mol. The van der Waals surface area contributed by atoms with Crippen LogP contribution in [-0.2, 0) is 4.79 Å². The number of thiazole rings is 1. The highest BCUT2D eigenvalue weighted by molar-refractivity contribution is 7.14. The lowest BCUT2D eigenvalue weighted by molar-refractivity contribution is -0.117. The third-order valence-electron chi connectivity index (χ3n) is 4.86. The summed E-state index contributed by atoms with van der Waals surface area (Å²) in [6.07, 6.45) is 8.80. The molecule has 0 spiro atoms. The minimum absolute atomic E-state index is 0.109. The van der Waals surface area contributed by atoms with Gasteiger partial charge in [0.1, 0.15) is 0 Å². The Balaban J connectivity index is 1.71. The number of hydrogen-bond donors (Lipinski definition) is 2. The molecule has 0 saturated heterocycles. The lowest BCUT2D eigenvalue weighted by atomic mass is 9.94. The van der Waals surface area contributed by atoms with Crippen LogP contribution in [0.4, 0.5) is 5.13 Å². The Morgan fingerprint density at radius 3 is 2.88 bits per heavy atom. The molecule has 4 nitrogen and oxygen atoms in total. The van der Waals surface area contributed by atoms with Crippen LogP contribution in [0.5, 0.6) is 0 Å². The molecule has 136 valence electrons. The zero-order chi connectivity index (χ0) is 18.5. The molecule has 5 heteroatoms. The normalized spacial score (nSPS) is 17.7. The second kappa shape index (κ2) is 8.43. The van der Waals surface area contributed by atoms with Crippen molar-refractivity contribution in [1.29, 1.82) is 0 Å². The number of carbonyl (C=O) groups excluding carboxylic acids is 1. The fraction of sp³-hybridized carbons (Fsp3) is 0.333. The van der Waals surface area contributed by atoms with E-state index in [1.54, 1.807) is 0 Å². The number of rotatable bonds is 6. The fourth-order valence-electron chi connectivity index (χ4n) is 3.17. The predicted octanol–water partition coefficient (Wildman–Crippen LogP) is 4.50. The van der Waals surface area contributed by atoms with Gasteiger partial charge in [-0.05, 0) is 42.4 Å². The monoisotopic (exact) mass is 367 g/mol. The molecule has 1 aliphatic rings. The van der Waals surface area contributed by atoms with E-state index in [4.69, 9.17) is 5.73 Å². The van der Waals surface area contributed by atoms with Gasteiger partial charge in [0.15, 0.2) is 5.13 Å². The average Bonchev–Trinajstić information content (AvgIpc) is 3.12. The molecule has 26 heavy (non-hydrogen) atoms. The van der Waals surface area contributed by atoms with Crippen LogP contribution in [0.2, 0.25) is 0 Å². The van der Waals surface area contributed by atoms with Crippen molar-refractivity contribution in [3.8, 4) is 0 Å². The zero-order valence-corrected chi connectivity index (χ0v) is 16.1. The molecule has 0 saturated carbocycles. The number of hydrogen-bond acceptors (Lipinski definition) is 4. The second-order valence-electron chi connectivity index (χ2n) is 6.59. The van der Waals surface area contributed by atoms with Gasteiger partial charge in [-0.15, -0.1) is 11.3 Å². The Morgan fingerprint density at radius 2 is 2.23 bits per heavy atom.